The molecule has 0 aliphatic carbocycles. The van der Waals surface area contributed by atoms with Gasteiger partial charge in [0.1, 0.15) is 22.8 Å². The van der Waals surface area contributed by atoms with Crippen LogP contribution in [0.1, 0.15) is 23.0 Å². The van der Waals surface area contributed by atoms with Crippen LogP contribution in [-0.4, -0.2) is 47.9 Å². The van der Waals surface area contributed by atoms with Gasteiger partial charge in [-0.1, -0.05) is 0 Å². The Morgan fingerprint density at radius 1 is 1.34 bits per heavy atom. The normalized spacial score (nSPS) is 20.4. The van der Waals surface area contributed by atoms with E-state index in [0.29, 0.717) is 0 Å². The van der Waals surface area contributed by atoms with Crippen molar-refractivity contribution in [1.82, 2.24) is 9.29 Å². The average molecular weight is 492 g/mol. The van der Waals surface area contributed by atoms with E-state index in [1.165, 1.54) is 26.1 Å². The molecule has 3 N–H and O–H groups in total. The molecular weight excluding hydrogens is 475 g/mol. The van der Waals surface area contributed by atoms with Gasteiger partial charge in [-0.3, -0.25) is 4.79 Å². The first kappa shape index (κ1) is 23.6. The zero-order valence-electron chi connectivity index (χ0n) is 16.6. The van der Waals surface area contributed by atoms with Crippen molar-refractivity contribution in [2.24, 2.45) is 10.7 Å². The highest BCUT2D eigenvalue weighted by Gasteiger charge is 2.41. The topological polar surface area (TPSA) is 127 Å². The largest absolute Gasteiger partial charge is 0.487 e. The third-order valence-corrected chi connectivity index (χ3v) is 6.60. The van der Waals surface area contributed by atoms with Crippen LogP contribution in [0.5, 0.6) is 5.75 Å². The summed E-state index contributed by atoms with van der Waals surface area (Å²) in [5.74, 6) is -2.70. The number of carbonyl (C=O) groups excluding carboxylic acids is 1. The second kappa shape index (κ2) is 8.13. The first-order valence-electron chi connectivity index (χ1n) is 8.85. The molecule has 0 spiro atoms. The summed E-state index contributed by atoms with van der Waals surface area (Å²) in [7, 11) is -2.61. The lowest BCUT2D eigenvalue weighted by molar-refractivity contribution is -0.0966. The molecule has 1 amide bonds. The molecule has 14 heteroatoms. The first-order chi connectivity index (χ1) is 14.7. The van der Waals surface area contributed by atoms with Crippen molar-refractivity contribution in [3.63, 3.8) is 0 Å². The van der Waals surface area contributed by atoms with E-state index in [1.54, 1.807) is 0 Å². The average Bonchev–Trinajstić information content (AvgIpc) is 2.66. The van der Waals surface area contributed by atoms with Crippen LogP contribution in [0.2, 0.25) is 0 Å². The molecule has 1 aromatic heterocycles. The van der Waals surface area contributed by atoms with Crippen LogP contribution in [0.15, 0.2) is 41.5 Å². The quantitative estimate of drug-likeness (QED) is 0.618. The molecule has 1 aliphatic rings. The zero-order valence-corrected chi connectivity index (χ0v) is 18.2. The molecule has 9 nitrogen and oxygen atoms in total. The molecule has 3 rings (SSSR count). The van der Waals surface area contributed by atoms with Crippen molar-refractivity contribution < 1.29 is 31.1 Å². The second-order valence-corrected chi connectivity index (χ2v) is 9.48. The van der Waals surface area contributed by atoms with Gasteiger partial charge in [-0.15, -0.1) is 8.78 Å². The number of anilines is 1. The number of rotatable bonds is 5. The molecule has 1 atom stereocenters. The fourth-order valence-electron chi connectivity index (χ4n) is 3.01. The Bertz CT molecular complexity index is 1190. The van der Waals surface area contributed by atoms with Crippen molar-refractivity contribution in [3.05, 3.63) is 53.6 Å². The number of halogens is 4. The van der Waals surface area contributed by atoms with Crippen LogP contribution in [0.3, 0.4) is 0 Å². The number of nitrogens with two attached hydrogens (primary N) is 1. The minimum Gasteiger partial charge on any atom is -0.418 e. The smallest absolute Gasteiger partial charge is 0.418 e. The molecule has 2 heterocycles. The van der Waals surface area contributed by atoms with Crippen LogP contribution >= 0.6 is 11.6 Å². The van der Waals surface area contributed by atoms with Gasteiger partial charge in [0.15, 0.2) is 0 Å². The Morgan fingerprint density at radius 3 is 2.59 bits per heavy atom. The molecule has 1 aliphatic heterocycles. The molecule has 172 valence electrons. The summed E-state index contributed by atoms with van der Waals surface area (Å²) in [6.45, 7) is 1.40. The number of aliphatic imine (C=N–C) groups is 1. The standard InChI is InChI=1S/C18H17ClF3N5O4S/c1-17(9-32(29,30)27(2)16(23)26-17)12-7-10(3-5-13(12)20)25-15(28)14-6-4-11(8-24-14)31-18(19,21)22/h3-8H,9H2,1-2H3,(H2,23,26)(H,25,28)/t17-/m0/s1. The molecule has 1 aromatic carbocycles. The van der Waals surface area contributed by atoms with E-state index in [1.807, 2.05) is 0 Å². The fraction of sp³-hybridized carbons (Fsp3) is 0.278. The second-order valence-electron chi connectivity index (χ2n) is 7.04. The molecule has 0 fully saturated rings. The van der Waals surface area contributed by atoms with E-state index in [4.69, 9.17) is 5.73 Å². The maximum absolute atomic E-state index is 14.6. The fourth-order valence-corrected chi connectivity index (χ4v) is 4.55. The third-order valence-electron chi connectivity index (χ3n) is 4.57. The van der Waals surface area contributed by atoms with Gasteiger partial charge in [0, 0.05) is 29.9 Å². The number of carbonyl (C=O) groups is 1. The Balaban J connectivity index is 1.86. The lowest BCUT2D eigenvalue weighted by Crippen LogP contribution is -2.50. The van der Waals surface area contributed by atoms with Crippen LogP contribution in [0, 0.1) is 5.82 Å². The van der Waals surface area contributed by atoms with Gasteiger partial charge < -0.3 is 15.8 Å². The molecule has 0 bridgehead atoms. The predicted octanol–water partition coefficient (Wildman–Crippen LogP) is 2.45. The highest BCUT2D eigenvalue weighted by molar-refractivity contribution is 7.89. The van der Waals surface area contributed by atoms with E-state index >= 15 is 0 Å². The van der Waals surface area contributed by atoms with Gasteiger partial charge in [-0.2, -0.15) is 0 Å². The minimum absolute atomic E-state index is 0.101. The minimum atomic E-state index is -3.93. The van der Waals surface area contributed by atoms with Gasteiger partial charge in [-0.05, 0) is 37.3 Å². The number of aromatic nitrogens is 1. The van der Waals surface area contributed by atoms with Gasteiger partial charge >= 0.3 is 5.57 Å². The van der Waals surface area contributed by atoms with Crippen molar-refractivity contribution in [1.29, 1.82) is 0 Å². The van der Waals surface area contributed by atoms with Crippen molar-refractivity contribution in [3.8, 4) is 5.75 Å². The van der Waals surface area contributed by atoms with Gasteiger partial charge in [-0.25, -0.2) is 27.1 Å². The summed E-state index contributed by atoms with van der Waals surface area (Å²) in [6, 6.07) is 5.71. The molecule has 2 aromatic rings. The van der Waals surface area contributed by atoms with E-state index in [-0.39, 0.29) is 28.7 Å². The first-order valence-corrected chi connectivity index (χ1v) is 10.8. The Labute approximate surface area is 186 Å². The monoisotopic (exact) mass is 491 g/mol. The number of pyridine rings is 1. The number of nitrogens with zero attached hydrogens (tertiary/aromatic N) is 3. The Hall–Kier alpha value is -3.06. The number of benzene rings is 1. The van der Waals surface area contributed by atoms with E-state index in [9.17, 15) is 26.4 Å². The molecule has 32 heavy (non-hydrogen) atoms. The number of nitrogens with one attached hydrogen (secondary N) is 1. The number of hydrogen-bond acceptors (Lipinski definition) is 7. The molecule has 0 saturated carbocycles. The number of hydrogen-bond donors (Lipinski definition) is 2. The Kier molecular flexibility index (Phi) is 6.00. The highest BCUT2D eigenvalue weighted by Crippen LogP contribution is 2.35. The summed E-state index contributed by atoms with van der Waals surface area (Å²) in [5, 5.41) is 2.47. The lowest BCUT2D eigenvalue weighted by Gasteiger charge is -2.34. The number of ether oxygens (including phenoxy) is 1. The summed E-state index contributed by atoms with van der Waals surface area (Å²) in [5.41, 5.74) is 0.0852. The summed E-state index contributed by atoms with van der Waals surface area (Å²) >= 11 is 4.66. The third kappa shape index (κ3) is 5.05. The SMILES string of the molecule is CN1C(N)=N[C@](C)(c2cc(NC(=O)c3ccc(OC(F)(F)Cl)cn3)ccc2F)CS1(=O)=O. The summed E-state index contributed by atoms with van der Waals surface area (Å²) < 4.78 is 69.5. The molecular formula is C18H17ClF3N5O4S. The van der Waals surface area contributed by atoms with E-state index < -0.39 is 38.6 Å². The molecule has 0 unspecified atom stereocenters. The molecule has 0 radical (unpaired) electrons. The van der Waals surface area contributed by atoms with Crippen molar-refractivity contribution >= 4 is 39.2 Å². The summed E-state index contributed by atoms with van der Waals surface area (Å²) in [6.07, 6.45) is 0.878. The van der Waals surface area contributed by atoms with Crippen LogP contribution in [0.25, 0.3) is 0 Å². The maximum Gasteiger partial charge on any atom is 0.487 e. The number of alkyl halides is 3. The van der Waals surface area contributed by atoms with Crippen LogP contribution in [0.4, 0.5) is 18.9 Å². The zero-order chi connectivity index (χ0) is 23.9. The van der Waals surface area contributed by atoms with Crippen molar-refractivity contribution in [2.45, 2.75) is 18.0 Å². The predicted molar refractivity (Wildman–Crippen MR) is 111 cm³/mol. The van der Waals surface area contributed by atoms with Gasteiger partial charge in [0.25, 0.3) is 5.91 Å². The Morgan fingerprint density at radius 2 is 2.03 bits per heavy atom. The molecule has 0 saturated heterocycles. The number of amides is 1. The van der Waals surface area contributed by atoms with E-state index in [2.05, 4.69) is 31.6 Å². The summed E-state index contributed by atoms with van der Waals surface area (Å²) in [4.78, 5) is 20.3. The lowest BCUT2D eigenvalue weighted by atomic mass is 9.93. The highest BCUT2D eigenvalue weighted by atomic mass is 35.5. The van der Waals surface area contributed by atoms with Gasteiger partial charge in [0.2, 0.25) is 16.0 Å². The van der Waals surface area contributed by atoms with Crippen LogP contribution in [-0.2, 0) is 15.6 Å². The maximum atomic E-state index is 14.6. The van der Waals surface area contributed by atoms with Crippen molar-refractivity contribution in [2.75, 3.05) is 18.1 Å². The van der Waals surface area contributed by atoms with E-state index in [0.717, 1.165) is 28.7 Å². The van der Waals surface area contributed by atoms with Gasteiger partial charge in [0.05, 0.1) is 11.9 Å². The number of sulfonamides is 1. The van der Waals surface area contributed by atoms with Crippen LogP contribution < -0.4 is 15.8 Å². The number of guanidine groups is 1.